The van der Waals surface area contributed by atoms with Gasteiger partial charge < -0.3 is 15.2 Å². The molecule has 0 saturated heterocycles. The summed E-state index contributed by atoms with van der Waals surface area (Å²) in [5.74, 6) is 0.730. The summed E-state index contributed by atoms with van der Waals surface area (Å²) < 4.78 is 8.96. The first-order chi connectivity index (χ1) is 14.5. The van der Waals surface area contributed by atoms with Gasteiger partial charge in [0.15, 0.2) is 0 Å². The van der Waals surface area contributed by atoms with E-state index in [4.69, 9.17) is 4.74 Å². The first-order valence-electron chi connectivity index (χ1n) is 10.8. The third-order valence-electron chi connectivity index (χ3n) is 5.55. The van der Waals surface area contributed by atoms with Crippen LogP contribution in [0.1, 0.15) is 49.8 Å². The minimum absolute atomic E-state index is 0.0802. The van der Waals surface area contributed by atoms with Crippen molar-refractivity contribution in [2.75, 3.05) is 13.2 Å². The van der Waals surface area contributed by atoms with Crippen molar-refractivity contribution in [2.45, 2.75) is 45.3 Å². The van der Waals surface area contributed by atoms with Crippen molar-refractivity contribution < 1.29 is 9.84 Å². The van der Waals surface area contributed by atoms with Gasteiger partial charge in [-0.3, -0.25) is 9.13 Å². The monoisotopic (exact) mass is 411 g/mol. The number of aliphatic hydroxyl groups excluding tert-OH is 1. The SMILES string of the molecule is CCCCCCNCc1ccc(OCC(O)c2ccc3c(c2)n(C)c(=O)n3C)cc1. The van der Waals surface area contributed by atoms with Crippen LogP contribution in [0.3, 0.4) is 0 Å². The fourth-order valence-electron chi connectivity index (χ4n) is 3.62. The van der Waals surface area contributed by atoms with E-state index in [0.29, 0.717) is 0 Å². The molecule has 0 aliphatic carbocycles. The second-order valence-corrected chi connectivity index (χ2v) is 7.86. The second-order valence-electron chi connectivity index (χ2n) is 7.86. The quantitative estimate of drug-likeness (QED) is 0.473. The van der Waals surface area contributed by atoms with Crippen molar-refractivity contribution in [2.24, 2.45) is 14.1 Å². The summed E-state index contributed by atoms with van der Waals surface area (Å²) in [5, 5.41) is 14.0. The number of fused-ring (bicyclic) bond motifs is 1. The van der Waals surface area contributed by atoms with E-state index < -0.39 is 6.10 Å². The highest BCUT2D eigenvalue weighted by molar-refractivity contribution is 5.76. The van der Waals surface area contributed by atoms with Gasteiger partial charge in [-0.2, -0.15) is 0 Å². The molecule has 0 fully saturated rings. The summed E-state index contributed by atoms with van der Waals surface area (Å²) >= 11 is 0. The standard InChI is InChI=1S/C24H33N3O3/c1-4-5-6-7-14-25-16-18-8-11-20(12-9-18)30-17-23(28)19-10-13-21-22(15-19)27(3)24(29)26(21)2/h8-13,15,23,25,28H,4-7,14,16-17H2,1-3H3. The minimum atomic E-state index is -0.769. The Hall–Kier alpha value is -2.57. The van der Waals surface area contributed by atoms with Crippen molar-refractivity contribution >= 4 is 11.0 Å². The van der Waals surface area contributed by atoms with E-state index in [1.807, 2.05) is 42.5 Å². The maximum Gasteiger partial charge on any atom is 0.328 e. The van der Waals surface area contributed by atoms with Crippen LogP contribution in [-0.2, 0) is 20.6 Å². The van der Waals surface area contributed by atoms with Gasteiger partial charge in [0.2, 0.25) is 0 Å². The number of unbranched alkanes of at least 4 members (excludes halogenated alkanes) is 3. The number of hydrogen-bond donors (Lipinski definition) is 2. The lowest BCUT2D eigenvalue weighted by Gasteiger charge is -2.13. The molecule has 1 atom stereocenters. The van der Waals surface area contributed by atoms with Crippen LogP contribution in [0.5, 0.6) is 5.75 Å². The van der Waals surface area contributed by atoms with Crippen LogP contribution in [0.15, 0.2) is 47.3 Å². The Labute approximate surface area is 178 Å². The summed E-state index contributed by atoms with van der Waals surface area (Å²) in [4.78, 5) is 12.1. The number of aromatic nitrogens is 2. The average Bonchev–Trinajstić information content (AvgIpc) is 2.99. The van der Waals surface area contributed by atoms with Gasteiger partial charge in [-0.1, -0.05) is 44.4 Å². The molecule has 6 nitrogen and oxygen atoms in total. The molecule has 2 N–H and O–H groups in total. The molecule has 3 rings (SSSR count). The molecule has 0 bridgehead atoms. The van der Waals surface area contributed by atoms with Gasteiger partial charge >= 0.3 is 5.69 Å². The summed E-state index contributed by atoms with van der Waals surface area (Å²) in [6, 6.07) is 13.5. The van der Waals surface area contributed by atoms with E-state index in [-0.39, 0.29) is 12.3 Å². The van der Waals surface area contributed by atoms with Gasteiger partial charge in [0.25, 0.3) is 0 Å². The van der Waals surface area contributed by atoms with Crippen LogP contribution in [0.4, 0.5) is 0 Å². The normalized spacial score (nSPS) is 12.4. The molecule has 0 radical (unpaired) electrons. The van der Waals surface area contributed by atoms with E-state index >= 15 is 0 Å². The van der Waals surface area contributed by atoms with Gasteiger partial charge in [0, 0.05) is 20.6 Å². The summed E-state index contributed by atoms with van der Waals surface area (Å²) in [7, 11) is 3.48. The largest absolute Gasteiger partial charge is 0.491 e. The number of rotatable bonds is 11. The third kappa shape index (κ3) is 5.32. The lowest BCUT2D eigenvalue weighted by Crippen LogP contribution is -2.19. The Balaban J connectivity index is 1.51. The predicted molar refractivity (Wildman–Crippen MR) is 121 cm³/mol. The number of ether oxygens (including phenoxy) is 1. The van der Waals surface area contributed by atoms with Crippen LogP contribution in [0.25, 0.3) is 11.0 Å². The summed E-state index contributed by atoms with van der Waals surface area (Å²) in [5.41, 5.74) is 3.50. The van der Waals surface area contributed by atoms with Crippen molar-refractivity contribution in [1.29, 1.82) is 0 Å². The second kappa shape index (κ2) is 10.5. The van der Waals surface area contributed by atoms with E-state index in [1.165, 1.54) is 31.2 Å². The topological polar surface area (TPSA) is 68.4 Å². The summed E-state index contributed by atoms with van der Waals surface area (Å²) in [6.07, 6.45) is 4.30. The number of nitrogens with zero attached hydrogens (tertiary/aromatic N) is 2. The lowest BCUT2D eigenvalue weighted by atomic mass is 10.1. The molecule has 1 aromatic heterocycles. The molecule has 0 saturated carbocycles. The van der Waals surface area contributed by atoms with Gasteiger partial charge in [-0.15, -0.1) is 0 Å². The average molecular weight is 412 g/mol. The molecule has 0 aliphatic rings. The zero-order valence-electron chi connectivity index (χ0n) is 18.2. The van der Waals surface area contributed by atoms with Crippen molar-refractivity contribution in [1.82, 2.24) is 14.5 Å². The summed E-state index contributed by atoms with van der Waals surface area (Å²) in [6.45, 7) is 4.27. The van der Waals surface area contributed by atoms with Crippen LogP contribution < -0.4 is 15.7 Å². The molecule has 3 aromatic rings. The fourth-order valence-corrected chi connectivity index (χ4v) is 3.62. The zero-order valence-corrected chi connectivity index (χ0v) is 18.2. The van der Waals surface area contributed by atoms with E-state index in [9.17, 15) is 9.90 Å². The Kier molecular flexibility index (Phi) is 7.71. The number of aryl methyl sites for hydroxylation is 2. The molecule has 6 heteroatoms. The minimum Gasteiger partial charge on any atom is -0.491 e. The van der Waals surface area contributed by atoms with Gasteiger partial charge in [0.05, 0.1) is 11.0 Å². The van der Waals surface area contributed by atoms with Crippen LogP contribution in [0.2, 0.25) is 0 Å². The van der Waals surface area contributed by atoms with Crippen molar-refractivity contribution in [3.63, 3.8) is 0 Å². The first-order valence-corrected chi connectivity index (χ1v) is 10.8. The van der Waals surface area contributed by atoms with E-state index in [1.54, 1.807) is 23.2 Å². The zero-order chi connectivity index (χ0) is 21.5. The molecular formula is C24H33N3O3. The molecule has 162 valence electrons. The number of benzene rings is 2. The lowest BCUT2D eigenvalue weighted by molar-refractivity contribution is 0.108. The molecule has 2 aromatic carbocycles. The highest BCUT2D eigenvalue weighted by Gasteiger charge is 2.13. The molecule has 0 aliphatic heterocycles. The highest BCUT2D eigenvalue weighted by Crippen LogP contribution is 2.21. The maximum atomic E-state index is 12.1. The number of imidazole rings is 1. The molecule has 1 unspecified atom stereocenters. The number of hydrogen-bond acceptors (Lipinski definition) is 4. The molecular weight excluding hydrogens is 378 g/mol. The third-order valence-corrected chi connectivity index (χ3v) is 5.55. The van der Waals surface area contributed by atoms with Crippen LogP contribution in [-0.4, -0.2) is 27.4 Å². The van der Waals surface area contributed by atoms with Gasteiger partial charge in [-0.25, -0.2) is 4.79 Å². The maximum absolute atomic E-state index is 12.1. The van der Waals surface area contributed by atoms with Gasteiger partial charge in [0.1, 0.15) is 18.5 Å². The Morgan fingerprint density at radius 1 is 1.00 bits per heavy atom. The Morgan fingerprint density at radius 3 is 2.47 bits per heavy atom. The Bertz CT molecular complexity index is 1000. The fraction of sp³-hybridized carbons (Fsp3) is 0.458. The van der Waals surface area contributed by atoms with Gasteiger partial charge in [-0.05, 0) is 48.4 Å². The molecule has 0 spiro atoms. The molecule has 0 amide bonds. The smallest absolute Gasteiger partial charge is 0.328 e. The van der Waals surface area contributed by atoms with Crippen LogP contribution >= 0.6 is 0 Å². The molecule has 30 heavy (non-hydrogen) atoms. The van der Waals surface area contributed by atoms with Crippen molar-refractivity contribution in [3.05, 3.63) is 64.1 Å². The van der Waals surface area contributed by atoms with E-state index in [2.05, 4.69) is 12.2 Å². The first kappa shape index (κ1) is 22.1. The van der Waals surface area contributed by atoms with Crippen molar-refractivity contribution in [3.8, 4) is 5.75 Å². The van der Waals surface area contributed by atoms with E-state index in [0.717, 1.165) is 35.4 Å². The highest BCUT2D eigenvalue weighted by atomic mass is 16.5. The number of nitrogens with one attached hydrogen (secondary N) is 1. The molecule has 1 heterocycles. The number of aliphatic hydroxyl groups is 1. The predicted octanol–water partition coefficient (Wildman–Crippen LogP) is 3.66. The Morgan fingerprint density at radius 2 is 1.73 bits per heavy atom. The van der Waals surface area contributed by atoms with Crippen LogP contribution in [0, 0.1) is 0 Å².